The summed E-state index contributed by atoms with van der Waals surface area (Å²) in [7, 11) is 6.98. The first-order valence-electron chi connectivity index (χ1n) is 9.68. The van der Waals surface area contributed by atoms with Crippen LogP contribution < -0.4 is 18.9 Å². The van der Waals surface area contributed by atoms with Gasteiger partial charge in [0.25, 0.3) is 0 Å². The van der Waals surface area contributed by atoms with Crippen molar-refractivity contribution in [1.82, 2.24) is 0 Å². The zero-order valence-corrected chi connectivity index (χ0v) is 16.4. The van der Waals surface area contributed by atoms with E-state index in [1.807, 2.05) is 12.1 Å². The van der Waals surface area contributed by atoms with Crippen molar-refractivity contribution in [1.29, 1.82) is 0 Å². The van der Waals surface area contributed by atoms with Gasteiger partial charge in [0.15, 0.2) is 0 Å². The van der Waals surface area contributed by atoms with Crippen LogP contribution in [0.25, 0.3) is 0 Å². The van der Waals surface area contributed by atoms with E-state index in [0.717, 1.165) is 35.8 Å². The Morgan fingerprint density at radius 3 is 1.48 bits per heavy atom. The number of ether oxygens (including phenoxy) is 4. The van der Waals surface area contributed by atoms with Crippen LogP contribution in [0, 0.1) is 11.8 Å². The van der Waals surface area contributed by atoms with Gasteiger partial charge < -0.3 is 18.9 Å². The average Bonchev–Trinajstić information content (AvgIpc) is 3.31. The number of benzene rings is 2. The van der Waals surface area contributed by atoms with E-state index in [4.69, 9.17) is 18.9 Å². The van der Waals surface area contributed by atoms with Gasteiger partial charge in [0.1, 0.15) is 23.0 Å². The molecule has 1 fully saturated rings. The van der Waals surface area contributed by atoms with Crippen molar-refractivity contribution in [2.24, 2.45) is 11.8 Å². The van der Waals surface area contributed by atoms with Gasteiger partial charge in [-0.15, -0.1) is 0 Å². The third-order valence-electron chi connectivity index (χ3n) is 7.14. The molecule has 3 aliphatic carbocycles. The molecule has 5 rings (SSSR count). The summed E-state index contributed by atoms with van der Waals surface area (Å²) in [6.45, 7) is 0. The molecule has 4 nitrogen and oxygen atoms in total. The summed E-state index contributed by atoms with van der Waals surface area (Å²) in [5, 5.41) is 0. The molecule has 1 saturated carbocycles. The maximum Gasteiger partial charge on any atom is 0.126 e. The first-order valence-corrected chi connectivity index (χ1v) is 9.68. The van der Waals surface area contributed by atoms with Gasteiger partial charge in [0.2, 0.25) is 0 Å². The van der Waals surface area contributed by atoms with E-state index in [9.17, 15) is 0 Å². The van der Waals surface area contributed by atoms with Crippen molar-refractivity contribution in [3.63, 3.8) is 0 Å². The molecule has 2 atom stereocenters. The monoisotopic (exact) mass is 366 g/mol. The Labute approximate surface area is 160 Å². The third kappa shape index (κ3) is 1.99. The molecule has 3 aliphatic rings. The van der Waals surface area contributed by atoms with Crippen molar-refractivity contribution in [3.05, 3.63) is 46.5 Å². The fourth-order valence-electron chi connectivity index (χ4n) is 6.30. The molecule has 2 aromatic carbocycles. The third-order valence-corrected chi connectivity index (χ3v) is 7.14. The largest absolute Gasteiger partial charge is 0.497 e. The molecule has 142 valence electrons. The van der Waals surface area contributed by atoms with Gasteiger partial charge in [-0.3, -0.25) is 0 Å². The predicted octanol–water partition coefficient (Wildman–Crippen LogP) is 4.15. The summed E-state index contributed by atoms with van der Waals surface area (Å²) in [5.74, 6) is 4.81. The van der Waals surface area contributed by atoms with Crippen molar-refractivity contribution in [2.45, 2.75) is 31.1 Å². The summed E-state index contributed by atoms with van der Waals surface area (Å²) in [4.78, 5) is 0. The second-order valence-electron chi connectivity index (χ2n) is 7.98. The van der Waals surface area contributed by atoms with E-state index in [1.54, 1.807) is 28.4 Å². The predicted molar refractivity (Wildman–Crippen MR) is 103 cm³/mol. The van der Waals surface area contributed by atoms with E-state index in [2.05, 4.69) is 12.1 Å². The summed E-state index contributed by atoms with van der Waals surface area (Å²) in [6.07, 6.45) is 4.65. The van der Waals surface area contributed by atoms with Crippen molar-refractivity contribution < 1.29 is 18.9 Å². The SMILES string of the molecule is COc1cc2c(c(OC)c1)C13c4c(cc(OC)cc4OC)CC1CCC3C2. The van der Waals surface area contributed by atoms with Gasteiger partial charge in [-0.1, -0.05) is 0 Å². The first-order chi connectivity index (χ1) is 13.2. The van der Waals surface area contributed by atoms with Crippen LogP contribution in [0.2, 0.25) is 0 Å². The Kier molecular flexibility index (Phi) is 3.62. The molecular formula is C23H26O4. The van der Waals surface area contributed by atoms with E-state index in [1.165, 1.54) is 35.1 Å². The quantitative estimate of drug-likeness (QED) is 0.815. The lowest BCUT2D eigenvalue weighted by molar-refractivity contribution is 0.315. The Balaban J connectivity index is 1.82. The molecular weight excluding hydrogens is 340 g/mol. The number of rotatable bonds is 4. The van der Waals surface area contributed by atoms with Crippen LogP contribution in [0.1, 0.15) is 35.1 Å². The fourth-order valence-corrected chi connectivity index (χ4v) is 6.30. The van der Waals surface area contributed by atoms with Crippen LogP contribution in [0.15, 0.2) is 24.3 Å². The minimum atomic E-state index is -0.0140. The topological polar surface area (TPSA) is 36.9 Å². The lowest BCUT2D eigenvalue weighted by Crippen LogP contribution is -2.32. The van der Waals surface area contributed by atoms with E-state index in [0.29, 0.717) is 11.8 Å². The highest BCUT2D eigenvalue weighted by atomic mass is 16.5. The van der Waals surface area contributed by atoms with Crippen LogP contribution in [-0.2, 0) is 18.3 Å². The maximum absolute atomic E-state index is 5.90. The number of fused-ring (bicyclic) bond motifs is 2. The molecule has 0 bridgehead atoms. The van der Waals surface area contributed by atoms with Gasteiger partial charge in [-0.2, -0.15) is 0 Å². The fraction of sp³-hybridized carbons (Fsp3) is 0.478. The van der Waals surface area contributed by atoms with E-state index in [-0.39, 0.29) is 5.41 Å². The van der Waals surface area contributed by atoms with Crippen LogP contribution in [0.3, 0.4) is 0 Å². The lowest BCUT2D eigenvalue weighted by Gasteiger charge is -2.35. The van der Waals surface area contributed by atoms with Gasteiger partial charge >= 0.3 is 0 Å². The molecule has 2 aromatic rings. The van der Waals surface area contributed by atoms with E-state index >= 15 is 0 Å². The summed E-state index contributed by atoms with van der Waals surface area (Å²) in [6, 6.07) is 8.49. The highest BCUT2D eigenvalue weighted by Crippen LogP contribution is 2.68. The minimum Gasteiger partial charge on any atom is -0.497 e. The Morgan fingerprint density at radius 1 is 0.667 bits per heavy atom. The van der Waals surface area contributed by atoms with E-state index < -0.39 is 0 Å². The Bertz CT molecular complexity index is 842. The van der Waals surface area contributed by atoms with Gasteiger partial charge in [0, 0.05) is 28.7 Å². The highest BCUT2D eigenvalue weighted by Gasteiger charge is 2.62. The lowest BCUT2D eigenvalue weighted by atomic mass is 9.69. The van der Waals surface area contributed by atoms with Crippen LogP contribution >= 0.6 is 0 Å². The standard InChI is InChI=1S/C23H26O4/c1-24-17-9-13-7-15-5-6-16-8-14-10-18(25-2)12-20(27-4)22(14)23(15,16)21(13)19(11-17)26-3/h9-12,15-16H,5-8H2,1-4H3. The van der Waals surface area contributed by atoms with Crippen LogP contribution in [0.4, 0.5) is 0 Å². The second-order valence-corrected chi connectivity index (χ2v) is 7.98. The smallest absolute Gasteiger partial charge is 0.126 e. The van der Waals surface area contributed by atoms with Gasteiger partial charge in [0.05, 0.1) is 28.4 Å². The number of methoxy groups -OCH3 is 4. The van der Waals surface area contributed by atoms with Gasteiger partial charge in [-0.05, 0) is 60.8 Å². The summed E-state index contributed by atoms with van der Waals surface area (Å²) in [5.41, 5.74) is 5.44. The van der Waals surface area contributed by atoms with Crippen LogP contribution in [-0.4, -0.2) is 28.4 Å². The summed E-state index contributed by atoms with van der Waals surface area (Å²) >= 11 is 0. The molecule has 0 heterocycles. The first kappa shape index (κ1) is 16.8. The molecule has 27 heavy (non-hydrogen) atoms. The average molecular weight is 366 g/mol. The molecule has 0 saturated heterocycles. The van der Waals surface area contributed by atoms with Crippen molar-refractivity contribution >= 4 is 0 Å². The summed E-state index contributed by atoms with van der Waals surface area (Å²) < 4.78 is 22.9. The molecule has 4 heteroatoms. The molecule has 0 radical (unpaired) electrons. The molecule has 0 aliphatic heterocycles. The molecule has 1 spiro atoms. The highest BCUT2D eigenvalue weighted by molar-refractivity contribution is 5.67. The molecule has 0 aromatic heterocycles. The molecule has 2 unspecified atom stereocenters. The maximum atomic E-state index is 5.90. The zero-order chi connectivity index (χ0) is 18.8. The van der Waals surface area contributed by atoms with Crippen LogP contribution in [0.5, 0.6) is 23.0 Å². The normalized spacial score (nSPS) is 26.8. The second kappa shape index (κ2) is 5.82. The molecule has 0 amide bonds. The van der Waals surface area contributed by atoms with Crippen molar-refractivity contribution in [3.8, 4) is 23.0 Å². The minimum absolute atomic E-state index is 0.0140. The van der Waals surface area contributed by atoms with Crippen molar-refractivity contribution in [2.75, 3.05) is 28.4 Å². The number of hydrogen-bond donors (Lipinski definition) is 0. The Morgan fingerprint density at radius 2 is 1.11 bits per heavy atom. The molecule has 0 N–H and O–H groups in total. The van der Waals surface area contributed by atoms with Gasteiger partial charge in [-0.25, -0.2) is 0 Å². The number of hydrogen-bond acceptors (Lipinski definition) is 4. The Hall–Kier alpha value is -2.36. The zero-order valence-electron chi connectivity index (χ0n) is 16.4.